The summed E-state index contributed by atoms with van der Waals surface area (Å²) >= 11 is 0. The minimum absolute atomic E-state index is 0.281. The van der Waals surface area contributed by atoms with Crippen LogP contribution in [-0.2, 0) is 20.7 Å². The Hall–Kier alpha value is -2.36. The van der Waals surface area contributed by atoms with Gasteiger partial charge in [-0.2, -0.15) is 0 Å². The molecule has 2 aromatic rings. The molecule has 0 saturated carbocycles. The number of carbonyl (C=O) groups is 2. The molecule has 1 unspecified atom stereocenters. The fraction of sp³-hybridized carbons (Fsp3) is 0.294. The van der Waals surface area contributed by atoms with Gasteiger partial charge in [0.05, 0.1) is 13.0 Å². The van der Waals surface area contributed by atoms with Crippen molar-refractivity contribution in [3.63, 3.8) is 0 Å². The van der Waals surface area contributed by atoms with Crippen molar-refractivity contribution in [2.24, 2.45) is 5.92 Å². The van der Waals surface area contributed by atoms with Gasteiger partial charge >= 0.3 is 11.9 Å². The summed E-state index contributed by atoms with van der Waals surface area (Å²) in [4.78, 5) is 22.9. The largest absolute Gasteiger partial charge is 0.469 e. The van der Waals surface area contributed by atoms with E-state index in [0.717, 1.165) is 16.3 Å². The van der Waals surface area contributed by atoms with E-state index >= 15 is 0 Å². The van der Waals surface area contributed by atoms with E-state index in [1.54, 1.807) is 13.0 Å². The summed E-state index contributed by atoms with van der Waals surface area (Å²) in [7, 11) is 1.37. The second-order valence-electron chi connectivity index (χ2n) is 4.99. The van der Waals surface area contributed by atoms with E-state index in [1.165, 1.54) is 14.0 Å². The molecule has 2 rings (SSSR count). The summed E-state index contributed by atoms with van der Waals surface area (Å²) in [6.07, 6.45) is 0.455. The van der Waals surface area contributed by atoms with Gasteiger partial charge in [-0.1, -0.05) is 37.3 Å². The van der Waals surface area contributed by atoms with Gasteiger partial charge in [0.15, 0.2) is 0 Å². The zero-order chi connectivity index (χ0) is 15.4. The lowest BCUT2D eigenvalue weighted by atomic mass is 9.95. The van der Waals surface area contributed by atoms with Crippen LogP contribution in [0.3, 0.4) is 0 Å². The standard InChI is InChI=1S/C17H18O4/c1-11(17(19)20-3)10-15-14-7-5-4-6-13(14)8-9-16(15)21-12(2)18/h4-9,11H,10H2,1-3H3. The first-order chi connectivity index (χ1) is 10.0. The van der Waals surface area contributed by atoms with E-state index in [2.05, 4.69) is 0 Å². The maximum atomic E-state index is 11.7. The van der Waals surface area contributed by atoms with Crippen molar-refractivity contribution in [3.05, 3.63) is 42.0 Å². The van der Waals surface area contributed by atoms with Crippen molar-refractivity contribution in [1.29, 1.82) is 0 Å². The number of hydrogen-bond acceptors (Lipinski definition) is 4. The number of hydrogen-bond donors (Lipinski definition) is 0. The summed E-state index contributed by atoms with van der Waals surface area (Å²) in [5.41, 5.74) is 0.848. The quantitative estimate of drug-likeness (QED) is 0.640. The minimum Gasteiger partial charge on any atom is -0.469 e. The lowest BCUT2D eigenvalue weighted by molar-refractivity contribution is -0.144. The molecule has 0 heterocycles. The molecule has 0 amide bonds. The smallest absolute Gasteiger partial charge is 0.308 e. The number of methoxy groups -OCH3 is 1. The third-order valence-corrected chi connectivity index (χ3v) is 3.37. The predicted molar refractivity (Wildman–Crippen MR) is 80.1 cm³/mol. The van der Waals surface area contributed by atoms with Gasteiger partial charge in [-0.15, -0.1) is 0 Å². The predicted octanol–water partition coefficient (Wildman–Crippen LogP) is 3.12. The van der Waals surface area contributed by atoms with Gasteiger partial charge in [-0.25, -0.2) is 0 Å². The Labute approximate surface area is 123 Å². The molecule has 0 saturated heterocycles. The normalized spacial score (nSPS) is 12.0. The molecule has 0 fully saturated rings. The molecule has 1 atom stereocenters. The molecule has 21 heavy (non-hydrogen) atoms. The molecular formula is C17H18O4. The van der Waals surface area contributed by atoms with Crippen molar-refractivity contribution in [3.8, 4) is 5.75 Å². The van der Waals surface area contributed by atoms with Gasteiger partial charge in [-0.05, 0) is 23.3 Å². The van der Waals surface area contributed by atoms with Crippen LogP contribution in [0.4, 0.5) is 0 Å². The number of rotatable bonds is 4. The average Bonchev–Trinajstić information content (AvgIpc) is 2.48. The molecule has 0 aromatic heterocycles. The third kappa shape index (κ3) is 3.40. The molecule has 0 aliphatic rings. The number of ether oxygens (including phenoxy) is 2. The van der Waals surface area contributed by atoms with Gasteiger partial charge in [0.1, 0.15) is 5.75 Å². The molecule has 2 aromatic carbocycles. The Balaban J connectivity index is 2.50. The summed E-state index contributed by atoms with van der Waals surface area (Å²) in [5.74, 6) is -0.471. The van der Waals surface area contributed by atoms with Crippen molar-refractivity contribution >= 4 is 22.7 Å². The molecular weight excluding hydrogens is 268 g/mol. The second-order valence-corrected chi connectivity index (χ2v) is 4.99. The van der Waals surface area contributed by atoms with Crippen molar-refractivity contribution < 1.29 is 19.1 Å². The van der Waals surface area contributed by atoms with Crippen molar-refractivity contribution in [2.45, 2.75) is 20.3 Å². The van der Waals surface area contributed by atoms with Gasteiger partial charge in [0.2, 0.25) is 0 Å². The first-order valence-corrected chi connectivity index (χ1v) is 6.79. The average molecular weight is 286 g/mol. The van der Waals surface area contributed by atoms with E-state index in [-0.39, 0.29) is 17.9 Å². The molecule has 0 N–H and O–H groups in total. The van der Waals surface area contributed by atoms with Crippen LogP contribution in [0.25, 0.3) is 10.8 Å². The van der Waals surface area contributed by atoms with Gasteiger partial charge in [-0.3, -0.25) is 9.59 Å². The topological polar surface area (TPSA) is 52.6 Å². The van der Waals surface area contributed by atoms with Crippen LogP contribution in [0.5, 0.6) is 5.75 Å². The lowest BCUT2D eigenvalue weighted by Gasteiger charge is -2.15. The summed E-state index contributed by atoms with van der Waals surface area (Å²) < 4.78 is 10.0. The van der Waals surface area contributed by atoms with E-state index in [1.807, 2.05) is 30.3 Å². The maximum Gasteiger partial charge on any atom is 0.308 e. The highest BCUT2D eigenvalue weighted by Crippen LogP contribution is 2.30. The third-order valence-electron chi connectivity index (χ3n) is 3.37. The lowest BCUT2D eigenvalue weighted by Crippen LogP contribution is -2.16. The zero-order valence-corrected chi connectivity index (χ0v) is 12.4. The van der Waals surface area contributed by atoms with Crippen LogP contribution < -0.4 is 4.74 Å². The molecule has 4 heteroatoms. The van der Waals surface area contributed by atoms with E-state index in [4.69, 9.17) is 9.47 Å². The van der Waals surface area contributed by atoms with Gasteiger partial charge < -0.3 is 9.47 Å². The molecule has 0 aliphatic heterocycles. The summed E-state index contributed by atoms with van der Waals surface area (Å²) in [6, 6.07) is 11.5. The van der Waals surface area contributed by atoms with Crippen molar-refractivity contribution in [1.82, 2.24) is 0 Å². The Morgan fingerprint density at radius 1 is 1.14 bits per heavy atom. The Bertz CT molecular complexity index is 676. The highest BCUT2D eigenvalue weighted by Gasteiger charge is 2.19. The maximum absolute atomic E-state index is 11.7. The van der Waals surface area contributed by atoms with Gasteiger partial charge in [0, 0.05) is 12.5 Å². The Morgan fingerprint density at radius 2 is 1.86 bits per heavy atom. The van der Waals surface area contributed by atoms with Crippen LogP contribution in [0, 0.1) is 5.92 Å². The van der Waals surface area contributed by atoms with E-state index < -0.39 is 0 Å². The Morgan fingerprint density at radius 3 is 2.52 bits per heavy atom. The minimum atomic E-state index is -0.378. The van der Waals surface area contributed by atoms with Gasteiger partial charge in [0.25, 0.3) is 0 Å². The van der Waals surface area contributed by atoms with E-state index in [9.17, 15) is 9.59 Å². The molecule has 0 spiro atoms. The highest BCUT2D eigenvalue weighted by molar-refractivity contribution is 5.89. The molecule has 0 bridgehead atoms. The zero-order valence-electron chi connectivity index (χ0n) is 12.4. The molecule has 4 nitrogen and oxygen atoms in total. The van der Waals surface area contributed by atoms with Crippen LogP contribution in [0.15, 0.2) is 36.4 Å². The summed E-state index contributed by atoms with van der Waals surface area (Å²) in [6.45, 7) is 3.16. The van der Waals surface area contributed by atoms with Crippen molar-refractivity contribution in [2.75, 3.05) is 7.11 Å². The monoisotopic (exact) mass is 286 g/mol. The van der Waals surface area contributed by atoms with Crippen LogP contribution >= 0.6 is 0 Å². The first kappa shape index (κ1) is 15.0. The number of fused-ring (bicyclic) bond motifs is 1. The molecule has 0 radical (unpaired) electrons. The first-order valence-electron chi connectivity index (χ1n) is 6.79. The van der Waals surface area contributed by atoms with Crippen LogP contribution in [-0.4, -0.2) is 19.0 Å². The summed E-state index contributed by atoms with van der Waals surface area (Å²) in [5, 5.41) is 2.02. The number of carbonyl (C=O) groups excluding carboxylic acids is 2. The highest BCUT2D eigenvalue weighted by atomic mass is 16.5. The number of esters is 2. The second kappa shape index (κ2) is 6.39. The molecule has 0 aliphatic carbocycles. The van der Waals surface area contributed by atoms with Crippen LogP contribution in [0.1, 0.15) is 19.4 Å². The fourth-order valence-electron chi connectivity index (χ4n) is 2.37. The van der Waals surface area contributed by atoms with E-state index in [0.29, 0.717) is 12.2 Å². The number of benzene rings is 2. The Kier molecular flexibility index (Phi) is 4.58. The molecule has 110 valence electrons. The SMILES string of the molecule is COC(=O)C(C)Cc1c(OC(C)=O)ccc2ccccc12. The fourth-order valence-corrected chi connectivity index (χ4v) is 2.37. The van der Waals surface area contributed by atoms with Crippen LogP contribution in [0.2, 0.25) is 0 Å².